The molecule has 0 rings (SSSR count). The lowest BCUT2D eigenvalue weighted by Crippen LogP contribution is -1.93. The Bertz CT molecular complexity index is 358. The van der Waals surface area contributed by atoms with Gasteiger partial charge < -0.3 is 15.3 Å². The van der Waals surface area contributed by atoms with E-state index in [4.69, 9.17) is 15.3 Å². The molecule has 0 aliphatic heterocycles. The number of unbranched alkanes of at least 4 members (excludes halogenated alkanes) is 24. The Morgan fingerprint density at radius 1 is 0.412 bits per heavy atom. The maximum Gasteiger partial charge on any atom is 0.303 e. The van der Waals surface area contributed by atoms with Crippen LogP contribution in [0.15, 0.2) is 0 Å². The zero-order chi connectivity index (χ0) is 25.4. The maximum atomic E-state index is 10.4. The molecule has 0 atom stereocenters. The van der Waals surface area contributed by atoms with Gasteiger partial charge in [0.1, 0.15) is 0 Å². The molecule has 0 aliphatic carbocycles. The molecule has 0 spiro atoms. The van der Waals surface area contributed by atoms with Crippen molar-refractivity contribution in [2.45, 2.75) is 174 Å². The van der Waals surface area contributed by atoms with Crippen LogP contribution >= 0.6 is 0 Å². The predicted octanol–water partition coefficient (Wildman–Crippen LogP) is 9.20. The Balaban J connectivity index is 0. The van der Waals surface area contributed by atoms with Gasteiger partial charge in [-0.05, 0) is 6.42 Å². The molecule has 0 aromatic rings. The summed E-state index contributed by atoms with van der Waals surface area (Å²) in [5, 5.41) is 23.8. The molecular formula is C30H62O4. The van der Waals surface area contributed by atoms with Crippen LogP contribution in [0.2, 0.25) is 0 Å². The van der Waals surface area contributed by atoms with Gasteiger partial charge >= 0.3 is 5.97 Å². The molecule has 0 saturated carbocycles. The number of carboxylic acid groups (broad SMARTS) is 1. The van der Waals surface area contributed by atoms with Gasteiger partial charge in [-0.3, -0.25) is 4.79 Å². The summed E-state index contributed by atoms with van der Waals surface area (Å²) < 4.78 is 0. The second-order valence-electron chi connectivity index (χ2n) is 10.1. The van der Waals surface area contributed by atoms with E-state index in [0.29, 0.717) is 6.42 Å². The Morgan fingerprint density at radius 2 is 0.618 bits per heavy atom. The number of hydrogen-bond donors (Lipinski definition) is 3. The Hall–Kier alpha value is -0.610. The average molecular weight is 487 g/mol. The molecule has 0 unspecified atom stereocenters. The highest BCUT2D eigenvalue weighted by Gasteiger charge is 1.97. The van der Waals surface area contributed by atoms with E-state index in [9.17, 15) is 4.79 Å². The van der Waals surface area contributed by atoms with Crippen LogP contribution in [-0.4, -0.2) is 34.5 Å². The first-order valence-electron chi connectivity index (χ1n) is 15.1. The SMILES string of the molecule is CCCCCCCCCCCCCCCCCCCCCCCCCCCC(=O)O.OCCO. The molecule has 0 aromatic heterocycles. The fourth-order valence-electron chi connectivity index (χ4n) is 4.42. The van der Waals surface area contributed by atoms with Gasteiger partial charge in [-0.15, -0.1) is 0 Å². The van der Waals surface area contributed by atoms with E-state index in [1.54, 1.807) is 0 Å². The van der Waals surface area contributed by atoms with Crippen LogP contribution in [-0.2, 0) is 4.79 Å². The van der Waals surface area contributed by atoms with E-state index < -0.39 is 5.97 Å². The fraction of sp³-hybridized carbons (Fsp3) is 0.967. The smallest absolute Gasteiger partial charge is 0.303 e. The third-order valence-electron chi connectivity index (χ3n) is 6.59. The van der Waals surface area contributed by atoms with Crippen LogP contribution in [0.25, 0.3) is 0 Å². The average Bonchev–Trinajstić information content (AvgIpc) is 2.84. The first-order chi connectivity index (χ1) is 16.7. The number of rotatable bonds is 27. The standard InChI is InChI=1S/C28H56O2.C2H6O2/c1-2-3-4-5-6-7-8-9-10-11-12-13-14-15-16-17-18-19-20-21-22-23-24-25-26-27-28(29)30;3-1-2-4/h2-27H2,1H3,(H,29,30);3-4H,1-2H2. The summed E-state index contributed by atoms with van der Waals surface area (Å²) in [6, 6.07) is 0. The minimum atomic E-state index is -0.649. The highest BCUT2D eigenvalue weighted by Crippen LogP contribution is 2.15. The van der Waals surface area contributed by atoms with Gasteiger partial charge in [0.15, 0.2) is 0 Å². The first-order valence-corrected chi connectivity index (χ1v) is 15.1. The number of aliphatic hydroxyl groups is 2. The van der Waals surface area contributed by atoms with Crippen molar-refractivity contribution in [1.82, 2.24) is 0 Å². The number of carboxylic acids is 1. The third kappa shape index (κ3) is 38.6. The van der Waals surface area contributed by atoms with Crippen LogP contribution in [0.1, 0.15) is 174 Å². The molecule has 0 bridgehead atoms. The summed E-state index contributed by atoms with van der Waals surface area (Å²) in [5.41, 5.74) is 0. The molecule has 0 radical (unpaired) electrons. The molecule has 34 heavy (non-hydrogen) atoms. The number of aliphatic carboxylic acids is 1. The second-order valence-corrected chi connectivity index (χ2v) is 10.1. The molecule has 4 nitrogen and oxygen atoms in total. The minimum Gasteiger partial charge on any atom is -0.481 e. The van der Waals surface area contributed by atoms with E-state index in [1.807, 2.05) is 0 Å². The van der Waals surface area contributed by atoms with Crippen LogP contribution < -0.4 is 0 Å². The molecule has 4 heteroatoms. The topological polar surface area (TPSA) is 77.8 Å². The molecule has 0 amide bonds. The van der Waals surface area contributed by atoms with Gasteiger partial charge in [-0.25, -0.2) is 0 Å². The summed E-state index contributed by atoms with van der Waals surface area (Å²) in [6.45, 7) is 2.04. The van der Waals surface area contributed by atoms with Crippen LogP contribution in [0, 0.1) is 0 Å². The maximum absolute atomic E-state index is 10.4. The van der Waals surface area contributed by atoms with Crippen LogP contribution in [0.3, 0.4) is 0 Å². The molecule has 206 valence electrons. The third-order valence-corrected chi connectivity index (χ3v) is 6.59. The second kappa shape index (κ2) is 34.6. The van der Waals surface area contributed by atoms with Crippen molar-refractivity contribution in [1.29, 1.82) is 0 Å². The van der Waals surface area contributed by atoms with E-state index in [0.717, 1.165) is 12.8 Å². The van der Waals surface area contributed by atoms with E-state index in [1.165, 1.54) is 148 Å². The van der Waals surface area contributed by atoms with Gasteiger partial charge in [-0.1, -0.05) is 161 Å². The zero-order valence-electron chi connectivity index (χ0n) is 23.0. The first kappa shape index (κ1) is 35.6. The predicted molar refractivity (Wildman–Crippen MR) is 148 cm³/mol. The quantitative estimate of drug-likeness (QED) is 0.101. The van der Waals surface area contributed by atoms with Crippen molar-refractivity contribution in [2.24, 2.45) is 0 Å². The molecule has 0 saturated heterocycles. The number of aliphatic hydroxyl groups excluding tert-OH is 2. The van der Waals surface area contributed by atoms with Crippen LogP contribution in [0.5, 0.6) is 0 Å². The lowest BCUT2D eigenvalue weighted by Gasteiger charge is -2.04. The lowest BCUT2D eigenvalue weighted by atomic mass is 10.0. The minimum absolute atomic E-state index is 0.125. The van der Waals surface area contributed by atoms with Crippen LogP contribution in [0.4, 0.5) is 0 Å². The molecule has 0 fully saturated rings. The van der Waals surface area contributed by atoms with Crippen molar-refractivity contribution < 1.29 is 20.1 Å². The normalized spacial score (nSPS) is 10.8. The van der Waals surface area contributed by atoms with Crippen molar-refractivity contribution in [3.8, 4) is 0 Å². The van der Waals surface area contributed by atoms with E-state index >= 15 is 0 Å². The summed E-state index contributed by atoms with van der Waals surface area (Å²) in [7, 11) is 0. The Morgan fingerprint density at radius 3 is 0.794 bits per heavy atom. The van der Waals surface area contributed by atoms with E-state index in [-0.39, 0.29) is 13.2 Å². The van der Waals surface area contributed by atoms with Gasteiger partial charge in [-0.2, -0.15) is 0 Å². The summed E-state index contributed by atoms with van der Waals surface area (Å²) in [5.74, 6) is -0.649. The molecule has 0 aliphatic rings. The fourth-order valence-corrected chi connectivity index (χ4v) is 4.42. The number of hydrogen-bond acceptors (Lipinski definition) is 3. The zero-order valence-corrected chi connectivity index (χ0v) is 23.0. The largest absolute Gasteiger partial charge is 0.481 e. The summed E-state index contributed by atoms with van der Waals surface area (Å²) >= 11 is 0. The molecule has 3 N–H and O–H groups in total. The van der Waals surface area contributed by atoms with Gasteiger partial charge in [0.25, 0.3) is 0 Å². The highest BCUT2D eigenvalue weighted by atomic mass is 16.4. The highest BCUT2D eigenvalue weighted by molar-refractivity contribution is 5.66. The summed E-state index contributed by atoms with van der Waals surface area (Å²) in [4.78, 5) is 10.4. The molecule has 0 aromatic carbocycles. The summed E-state index contributed by atoms with van der Waals surface area (Å²) in [6.07, 6.45) is 35.0. The van der Waals surface area contributed by atoms with Crippen molar-refractivity contribution in [3.63, 3.8) is 0 Å². The van der Waals surface area contributed by atoms with Crippen molar-refractivity contribution in [3.05, 3.63) is 0 Å². The van der Waals surface area contributed by atoms with Crippen molar-refractivity contribution in [2.75, 3.05) is 13.2 Å². The Labute approximate surface area is 213 Å². The lowest BCUT2D eigenvalue weighted by molar-refractivity contribution is -0.137. The van der Waals surface area contributed by atoms with E-state index in [2.05, 4.69) is 6.92 Å². The molecule has 0 heterocycles. The van der Waals surface area contributed by atoms with Gasteiger partial charge in [0.2, 0.25) is 0 Å². The van der Waals surface area contributed by atoms with Gasteiger partial charge in [0.05, 0.1) is 13.2 Å². The Kier molecular flexibility index (Phi) is 36.1. The number of carbonyl (C=O) groups is 1. The molecular weight excluding hydrogens is 424 g/mol. The van der Waals surface area contributed by atoms with Crippen molar-refractivity contribution >= 4 is 5.97 Å². The monoisotopic (exact) mass is 486 g/mol. The van der Waals surface area contributed by atoms with Gasteiger partial charge in [0, 0.05) is 6.42 Å².